The molecule has 2 rings (SSSR count). The predicted molar refractivity (Wildman–Crippen MR) is 89.5 cm³/mol. The van der Waals surface area contributed by atoms with Gasteiger partial charge in [-0.25, -0.2) is 4.39 Å². The topological polar surface area (TPSA) is 12.0 Å². The molecule has 0 aliphatic rings. The van der Waals surface area contributed by atoms with Gasteiger partial charge in [0, 0.05) is 10.9 Å². The van der Waals surface area contributed by atoms with Gasteiger partial charge in [0.15, 0.2) is 0 Å². The van der Waals surface area contributed by atoms with Gasteiger partial charge in [0.25, 0.3) is 0 Å². The molecular formula is C18H22FNS. The molecule has 0 amide bonds. The van der Waals surface area contributed by atoms with E-state index < -0.39 is 0 Å². The van der Waals surface area contributed by atoms with Gasteiger partial charge in [-0.05, 0) is 67.1 Å². The number of aryl methyl sites for hydroxylation is 1. The normalized spacial score (nSPS) is 12.4. The molecule has 112 valence electrons. The smallest absolute Gasteiger partial charge is 0.123 e. The molecule has 1 unspecified atom stereocenters. The van der Waals surface area contributed by atoms with Crippen molar-refractivity contribution in [3.05, 3.63) is 65.0 Å². The van der Waals surface area contributed by atoms with E-state index in [0.717, 1.165) is 17.7 Å². The molecule has 0 saturated heterocycles. The zero-order valence-corrected chi connectivity index (χ0v) is 13.6. The van der Waals surface area contributed by atoms with Crippen molar-refractivity contribution in [3.8, 4) is 0 Å². The molecule has 0 aromatic heterocycles. The monoisotopic (exact) mass is 303 g/mol. The fraction of sp³-hybridized carbons (Fsp3) is 0.333. The number of thioether (sulfide) groups is 1. The molecule has 1 N–H and O–H groups in total. The summed E-state index contributed by atoms with van der Waals surface area (Å²) in [6.45, 7) is 4.12. The summed E-state index contributed by atoms with van der Waals surface area (Å²) in [5, 5.41) is 3.36. The van der Waals surface area contributed by atoms with E-state index in [0.29, 0.717) is 0 Å². The molecule has 0 aliphatic heterocycles. The standard InChI is InChI=1S/C18H22FNS/c1-4-21-17-9-6-14(7-10-17)18(20-3)12-15-5-8-16(19)11-13(15)2/h5-11,18,20H,4,12H2,1-3H3. The van der Waals surface area contributed by atoms with Gasteiger partial charge in [-0.2, -0.15) is 0 Å². The summed E-state index contributed by atoms with van der Waals surface area (Å²) in [5.41, 5.74) is 3.46. The fourth-order valence-electron chi connectivity index (χ4n) is 2.46. The molecule has 21 heavy (non-hydrogen) atoms. The number of hydrogen-bond acceptors (Lipinski definition) is 2. The van der Waals surface area contributed by atoms with Gasteiger partial charge in [0.05, 0.1) is 0 Å². The van der Waals surface area contributed by atoms with Crippen molar-refractivity contribution in [2.24, 2.45) is 0 Å². The number of benzene rings is 2. The third-order valence-corrected chi connectivity index (χ3v) is 4.56. The molecule has 0 spiro atoms. The highest BCUT2D eigenvalue weighted by Gasteiger charge is 2.12. The highest BCUT2D eigenvalue weighted by atomic mass is 32.2. The van der Waals surface area contributed by atoms with E-state index in [1.54, 1.807) is 6.07 Å². The molecule has 3 heteroatoms. The van der Waals surface area contributed by atoms with E-state index in [4.69, 9.17) is 0 Å². The quantitative estimate of drug-likeness (QED) is 0.773. The maximum Gasteiger partial charge on any atom is 0.123 e. The summed E-state index contributed by atoms with van der Waals surface area (Å²) >= 11 is 1.85. The van der Waals surface area contributed by atoms with Crippen LogP contribution < -0.4 is 5.32 Å². The van der Waals surface area contributed by atoms with Crippen LogP contribution in [0.1, 0.15) is 29.7 Å². The first-order valence-electron chi connectivity index (χ1n) is 7.29. The molecule has 1 atom stereocenters. The van der Waals surface area contributed by atoms with Crippen molar-refractivity contribution in [2.45, 2.75) is 31.2 Å². The minimum atomic E-state index is -0.168. The Morgan fingerprint density at radius 2 is 1.86 bits per heavy atom. The molecule has 2 aromatic rings. The average molecular weight is 303 g/mol. The van der Waals surface area contributed by atoms with Gasteiger partial charge in [0.1, 0.15) is 5.82 Å². The predicted octanol–water partition coefficient (Wildman–Crippen LogP) is 4.75. The average Bonchev–Trinajstić information content (AvgIpc) is 2.48. The summed E-state index contributed by atoms with van der Waals surface area (Å²) in [6, 6.07) is 14.0. The summed E-state index contributed by atoms with van der Waals surface area (Å²) in [4.78, 5) is 1.30. The summed E-state index contributed by atoms with van der Waals surface area (Å²) in [6.07, 6.45) is 0.864. The van der Waals surface area contributed by atoms with E-state index in [2.05, 4.69) is 36.5 Å². The number of rotatable bonds is 6. The van der Waals surface area contributed by atoms with Crippen LogP contribution in [-0.4, -0.2) is 12.8 Å². The maximum atomic E-state index is 13.2. The van der Waals surface area contributed by atoms with Crippen LogP contribution in [0.2, 0.25) is 0 Å². The first-order chi connectivity index (χ1) is 10.1. The maximum absolute atomic E-state index is 13.2. The molecule has 1 nitrogen and oxygen atoms in total. The van der Waals surface area contributed by atoms with Crippen LogP contribution in [0.5, 0.6) is 0 Å². The Labute approximate surface area is 131 Å². The second kappa shape index (κ2) is 7.62. The van der Waals surface area contributed by atoms with Crippen molar-refractivity contribution in [3.63, 3.8) is 0 Å². The van der Waals surface area contributed by atoms with Crippen LogP contribution in [0.3, 0.4) is 0 Å². The lowest BCUT2D eigenvalue weighted by Gasteiger charge is -2.18. The minimum Gasteiger partial charge on any atom is -0.313 e. The Hall–Kier alpha value is -1.32. The van der Waals surface area contributed by atoms with Gasteiger partial charge < -0.3 is 5.32 Å². The molecule has 2 aromatic carbocycles. The van der Waals surface area contributed by atoms with Gasteiger partial charge >= 0.3 is 0 Å². The largest absolute Gasteiger partial charge is 0.313 e. The SMILES string of the molecule is CCSc1ccc(C(Cc2ccc(F)cc2C)NC)cc1. The number of halogens is 1. The second-order valence-corrected chi connectivity index (χ2v) is 6.46. The van der Waals surface area contributed by atoms with Crippen LogP contribution in [-0.2, 0) is 6.42 Å². The van der Waals surface area contributed by atoms with Crippen molar-refractivity contribution in [1.29, 1.82) is 0 Å². The van der Waals surface area contributed by atoms with Crippen molar-refractivity contribution in [1.82, 2.24) is 5.32 Å². The zero-order valence-electron chi connectivity index (χ0n) is 12.8. The molecular weight excluding hydrogens is 281 g/mol. The van der Waals surface area contributed by atoms with Crippen LogP contribution in [0.25, 0.3) is 0 Å². The van der Waals surface area contributed by atoms with E-state index >= 15 is 0 Å². The third-order valence-electron chi connectivity index (χ3n) is 3.67. The Morgan fingerprint density at radius 1 is 1.14 bits per heavy atom. The van der Waals surface area contributed by atoms with Crippen molar-refractivity contribution < 1.29 is 4.39 Å². The number of hydrogen-bond donors (Lipinski definition) is 1. The fourth-order valence-corrected chi connectivity index (χ4v) is 3.12. The Bertz CT molecular complexity index is 580. The lowest BCUT2D eigenvalue weighted by Crippen LogP contribution is -2.19. The summed E-state index contributed by atoms with van der Waals surface area (Å²) in [7, 11) is 1.97. The van der Waals surface area contributed by atoms with Crippen molar-refractivity contribution in [2.75, 3.05) is 12.8 Å². The van der Waals surface area contributed by atoms with E-state index in [1.807, 2.05) is 31.8 Å². The second-order valence-electron chi connectivity index (χ2n) is 5.12. The number of likely N-dealkylation sites (N-methyl/N-ethyl adjacent to an activating group) is 1. The Kier molecular flexibility index (Phi) is 5.83. The molecule has 0 fully saturated rings. The van der Waals surface area contributed by atoms with Gasteiger partial charge in [-0.1, -0.05) is 25.1 Å². The van der Waals surface area contributed by atoms with Gasteiger partial charge in [-0.3, -0.25) is 0 Å². The van der Waals surface area contributed by atoms with Crippen LogP contribution in [0.15, 0.2) is 47.4 Å². The highest BCUT2D eigenvalue weighted by molar-refractivity contribution is 7.99. The van der Waals surface area contributed by atoms with E-state index in [9.17, 15) is 4.39 Å². The zero-order chi connectivity index (χ0) is 15.2. The molecule has 0 aliphatic carbocycles. The first-order valence-corrected chi connectivity index (χ1v) is 8.27. The summed E-state index contributed by atoms with van der Waals surface area (Å²) < 4.78 is 13.2. The van der Waals surface area contributed by atoms with E-state index in [-0.39, 0.29) is 11.9 Å². The highest BCUT2D eigenvalue weighted by Crippen LogP contribution is 2.24. The van der Waals surface area contributed by atoms with E-state index in [1.165, 1.54) is 22.1 Å². The first kappa shape index (κ1) is 16.1. The lowest BCUT2D eigenvalue weighted by atomic mass is 9.96. The summed E-state index contributed by atoms with van der Waals surface area (Å²) in [5.74, 6) is 0.919. The minimum absolute atomic E-state index is 0.168. The number of nitrogens with one attached hydrogen (secondary N) is 1. The lowest BCUT2D eigenvalue weighted by molar-refractivity contribution is 0.586. The van der Waals surface area contributed by atoms with Crippen LogP contribution in [0.4, 0.5) is 4.39 Å². The molecule has 0 bridgehead atoms. The molecule has 0 heterocycles. The van der Waals surface area contributed by atoms with Crippen LogP contribution >= 0.6 is 11.8 Å². The van der Waals surface area contributed by atoms with Crippen molar-refractivity contribution >= 4 is 11.8 Å². The van der Waals surface area contributed by atoms with Gasteiger partial charge in [-0.15, -0.1) is 11.8 Å². The third kappa shape index (κ3) is 4.32. The Balaban J connectivity index is 2.15. The Morgan fingerprint density at radius 3 is 2.43 bits per heavy atom. The molecule has 0 saturated carbocycles. The molecule has 0 radical (unpaired) electrons. The van der Waals surface area contributed by atoms with Gasteiger partial charge in [0.2, 0.25) is 0 Å². The van der Waals surface area contributed by atoms with Crippen LogP contribution in [0, 0.1) is 12.7 Å².